The largest absolute Gasteiger partial charge is 0.457 e. The minimum atomic E-state index is -0.444. The summed E-state index contributed by atoms with van der Waals surface area (Å²) in [7, 11) is 0. The fourth-order valence-corrected chi connectivity index (χ4v) is 2.25. The Morgan fingerprint density at radius 2 is 1.80 bits per heavy atom. The summed E-state index contributed by atoms with van der Waals surface area (Å²) in [5.41, 5.74) is 8.02. The normalized spacial score (nSPS) is 12.3. The SMILES string of the molecule is Cc1cc(Oc2cccc(F)c2[C@@H](C)N)cc(C)c1Cl. The molecular formula is C16H17ClFNO. The molecule has 4 heteroatoms. The summed E-state index contributed by atoms with van der Waals surface area (Å²) in [4.78, 5) is 0. The Balaban J connectivity index is 2.43. The Kier molecular flexibility index (Phi) is 4.31. The molecule has 0 spiro atoms. The molecule has 2 nitrogen and oxygen atoms in total. The van der Waals surface area contributed by atoms with E-state index in [2.05, 4.69) is 0 Å². The van der Waals surface area contributed by atoms with E-state index in [1.165, 1.54) is 6.07 Å². The highest BCUT2D eigenvalue weighted by atomic mass is 35.5. The third-order valence-corrected chi connectivity index (χ3v) is 3.70. The molecule has 0 aliphatic rings. The van der Waals surface area contributed by atoms with Crippen molar-refractivity contribution in [2.75, 3.05) is 0 Å². The van der Waals surface area contributed by atoms with Crippen LogP contribution in [-0.2, 0) is 0 Å². The Hall–Kier alpha value is -1.58. The van der Waals surface area contributed by atoms with Gasteiger partial charge in [0.1, 0.15) is 17.3 Å². The second-order valence-electron chi connectivity index (χ2n) is 4.91. The summed E-state index contributed by atoms with van der Waals surface area (Å²) in [6.07, 6.45) is 0. The van der Waals surface area contributed by atoms with Crippen LogP contribution in [-0.4, -0.2) is 0 Å². The predicted octanol–water partition coefficient (Wildman–Crippen LogP) is 4.91. The molecule has 0 unspecified atom stereocenters. The second kappa shape index (κ2) is 5.81. The molecule has 0 aliphatic heterocycles. The fourth-order valence-electron chi connectivity index (χ4n) is 2.14. The molecule has 0 aliphatic carbocycles. The van der Waals surface area contributed by atoms with Gasteiger partial charge in [-0.2, -0.15) is 0 Å². The number of hydrogen-bond donors (Lipinski definition) is 1. The van der Waals surface area contributed by atoms with Gasteiger partial charge in [-0.15, -0.1) is 0 Å². The lowest BCUT2D eigenvalue weighted by Crippen LogP contribution is -2.09. The van der Waals surface area contributed by atoms with Crippen LogP contribution in [0, 0.1) is 19.7 Å². The first-order valence-corrected chi connectivity index (χ1v) is 6.76. The molecule has 2 aromatic rings. The summed E-state index contributed by atoms with van der Waals surface area (Å²) in [6, 6.07) is 7.90. The van der Waals surface area contributed by atoms with Crippen molar-refractivity contribution in [2.45, 2.75) is 26.8 Å². The molecule has 0 bridgehead atoms. The van der Waals surface area contributed by atoms with Crippen molar-refractivity contribution in [3.8, 4) is 11.5 Å². The Morgan fingerprint density at radius 3 is 2.35 bits per heavy atom. The first-order valence-electron chi connectivity index (χ1n) is 6.38. The third-order valence-electron chi connectivity index (χ3n) is 3.11. The van der Waals surface area contributed by atoms with Crippen molar-refractivity contribution in [2.24, 2.45) is 5.73 Å². The van der Waals surface area contributed by atoms with Gasteiger partial charge in [-0.3, -0.25) is 0 Å². The van der Waals surface area contributed by atoms with Crippen molar-refractivity contribution in [3.05, 3.63) is 57.9 Å². The van der Waals surface area contributed by atoms with Gasteiger partial charge in [0.2, 0.25) is 0 Å². The van der Waals surface area contributed by atoms with Gasteiger partial charge in [-0.25, -0.2) is 4.39 Å². The van der Waals surface area contributed by atoms with Gasteiger partial charge in [0.05, 0.1) is 0 Å². The zero-order valence-corrected chi connectivity index (χ0v) is 12.5. The molecule has 0 amide bonds. The Morgan fingerprint density at radius 1 is 1.20 bits per heavy atom. The van der Waals surface area contributed by atoms with Crippen LogP contribution in [0.2, 0.25) is 5.02 Å². The first kappa shape index (κ1) is 14.8. The zero-order chi connectivity index (χ0) is 14.9. The molecule has 0 heterocycles. The van der Waals surface area contributed by atoms with Gasteiger partial charge in [-0.1, -0.05) is 17.7 Å². The molecular weight excluding hydrogens is 277 g/mol. The van der Waals surface area contributed by atoms with Crippen LogP contribution in [0.1, 0.15) is 29.7 Å². The van der Waals surface area contributed by atoms with Crippen LogP contribution in [0.3, 0.4) is 0 Å². The molecule has 2 aromatic carbocycles. The summed E-state index contributed by atoms with van der Waals surface area (Å²) < 4.78 is 19.6. The lowest BCUT2D eigenvalue weighted by Gasteiger charge is -2.15. The highest BCUT2D eigenvalue weighted by molar-refractivity contribution is 6.32. The average molecular weight is 294 g/mol. The van der Waals surface area contributed by atoms with E-state index in [0.717, 1.165) is 11.1 Å². The average Bonchev–Trinajstić information content (AvgIpc) is 2.35. The van der Waals surface area contributed by atoms with Crippen LogP contribution in [0.5, 0.6) is 11.5 Å². The molecule has 20 heavy (non-hydrogen) atoms. The van der Waals surface area contributed by atoms with Crippen molar-refractivity contribution < 1.29 is 9.13 Å². The molecule has 2 N–H and O–H groups in total. The summed E-state index contributed by atoms with van der Waals surface area (Å²) in [5.74, 6) is 0.693. The van der Waals surface area contributed by atoms with Gasteiger partial charge >= 0.3 is 0 Å². The van der Waals surface area contributed by atoms with E-state index in [0.29, 0.717) is 22.1 Å². The van der Waals surface area contributed by atoms with E-state index in [9.17, 15) is 4.39 Å². The number of nitrogens with two attached hydrogens (primary N) is 1. The molecule has 0 aromatic heterocycles. The van der Waals surface area contributed by atoms with E-state index in [1.54, 1.807) is 19.1 Å². The monoisotopic (exact) mass is 293 g/mol. The minimum absolute atomic E-state index is 0.361. The van der Waals surface area contributed by atoms with Crippen molar-refractivity contribution in [1.82, 2.24) is 0 Å². The van der Waals surface area contributed by atoms with Gasteiger partial charge < -0.3 is 10.5 Å². The molecule has 0 fully saturated rings. The maximum absolute atomic E-state index is 13.8. The molecule has 1 atom stereocenters. The van der Waals surface area contributed by atoms with Crippen LogP contribution in [0.15, 0.2) is 30.3 Å². The van der Waals surface area contributed by atoms with Crippen molar-refractivity contribution >= 4 is 11.6 Å². The molecule has 2 rings (SSSR count). The number of aryl methyl sites for hydroxylation is 2. The first-order chi connectivity index (χ1) is 9.40. The molecule has 106 valence electrons. The van der Waals surface area contributed by atoms with Gasteiger partial charge in [0.25, 0.3) is 0 Å². The van der Waals surface area contributed by atoms with E-state index in [-0.39, 0.29) is 5.82 Å². The molecule has 0 radical (unpaired) electrons. The van der Waals surface area contributed by atoms with Gasteiger partial charge in [0, 0.05) is 16.6 Å². The fraction of sp³-hybridized carbons (Fsp3) is 0.250. The summed E-state index contributed by atoms with van der Waals surface area (Å²) in [5, 5.41) is 0.712. The van der Waals surface area contributed by atoms with Gasteiger partial charge in [-0.05, 0) is 56.2 Å². The molecule has 0 saturated carbocycles. The van der Waals surface area contributed by atoms with Gasteiger partial charge in [0.15, 0.2) is 0 Å². The summed E-state index contributed by atoms with van der Waals surface area (Å²) in [6.45, 7) is 5.53. The van der Waals surface area contributed by atoms with Crippen LogP contribution in [0.4, 0.5) is 4.39 Å². The lowest BCUT2D eigenvalue weighted by molar-refractivity contribution is 0.460. The quantitative estimate of drug-likeness (QED) is 0.873. The third kappa shape index (κ3) is 2.94. The maximum atomic E-state index is 13.8. The van der Waals surface area contributed by atoms with Crippen LogP contribution in [0.25, 0.3) is 0 Å². The van der Waals surface area contributed by atoms with Crippen LogP contribution < -0.4 is 10.5 Å². The Labute approximate surface area is 123 Å². The highest BCUT2D eigenvalue weighted by Gasteiger charge is 2.15. The second-order valence-corrected chi connectivity index (χ2v) is 5.29. The van der Waals surface area contributed by atoms with E-state index < -0.39 is 6.04 Å². The highest BCUT2D eigenvalue weighted by Crippen LogP contribution is 2.33. The van der Waals surface area contributed by atoms with E-state index >= 15 is 0 Å². The number of ether oxygens (including phenoxy) is 1. The number of hydrogen-bond acceptors (Lipinski definition) is 2. The van der Waals surface area contributed by atoms with E-state index in [1.807, 2.05) is 26.0 Å². The topological polar surface area (TPSA) is 35.2 Å². The van der Waals surface area contributed by atoms with Crippen LogP contribution >= 0.6 is 11.6 Å². The molecule has 0 saturated heterocycles. The van der Waals surface area contributed by atoms with Crippen molar-refractivity contribution in [3.63, 3.8) is 0 Å². The zero-order valence-electron chi connectivity index (χ0n) is 11.7. The Bertz CT molecular complexity index is 617. The minimum Gasteiger partial charge on any atom is -0.457 e. The standard InChI is InChI=1S/C16H17ClFNO/c1-9-7-12(8-10(2)16(9)17)20-14-6-4-5-13(18)15(14)11(3)19/h4-8,11H,19H2,1-3H3/t11-/m1/s1. The number of benzene rings is 2. The predicted molar refractivity (Wildman–Crippen MR) is 80.0 cm³/mol. The summed E-state index contributed by atoms with van der Waals surface area (Å²) >= 11 is 6.12. The smallest absolute Gasteiger partial charge is 0.135 e. The number of rotatable bonds is 3. The lowest BCUT2D eigenvalue weighted by atomic mass is 10.1. The number of halogens is 2. The maximum Gasteiger partial charge on any atom is 0.135 e. The van der Waals surface area contributed by atoms with Crippen molar-refractivity contribution in [1.29, 1.82) is 0 Å². The van der Waals surface area contributed by atoms with E-state index in [4.69, 9.17) is 22.1 Å².